The van der Waals surface area contributed by atoms with Gasteiger partial charge in [-0.3, -0.25) is 14.4 Å². The highest BCUT2D eigenvalue weighted by Gasteiger charge is 2.28. The second kappa shape index (κ2) is 8.66. The lowest BCUT2D eigenvalue weighted by Gasteiger charge is -2.18. The first-order chi connectivity index (χ1) is 12.5. The molecule has 2 aromatic rings. The Morgan fingerprint density at radius 2 is 1.54 bits per heavy atom. The van der Waals surface area contributed by atoms with Crippen molar-refractivity contribution in [3.8, 4) is 11.5 Å². The zero-order valence-corrected chi connectivity index (χ0v) is 14.5. The first-order valence-electron chi connectivity index (χ1n) is 7.87. The van der Waals surface area contributed by atoms with Crippen molar-refractivity contribution >= 4 is 17.6 Å². The van der Waals surface area contributed by atoms with E-state index in [0.717, 1.165) is 5.56 Å². The molecule has 7 heteroatoms. The van der Waals surface area contributed by atoms with Crippen LogP contribution in [0.4, 0.5) is 0 Å². The van der Waals surface area contributed by atoms with Crippen molar-refractivity contribution < 1.29 is 23.9 Å². The summed E-state index contributed by atoms with van der Waals surface area (Å²) < 4.78 is 10.4. The fourth-order valence-corrected chi connectivity index (χ4v) is 2.54. The van der Waals surface area contributed by atoms with E-state index in [0.29, 0.717) is 0 Å². The molecule has 0 spiro atoms. The molecule has 2 rings (SSSR count). The third-order valence-corrected chi connectivity index (χ3v) is 3.80. The number of primary amides is 1. The van der Waals surface area contributed by atoms with E-state index in [9.17, 15) is 14.4 Å². The Bertz CT molecular complexity index is 783. The number of hydrogen-bond acceptors (Lipinski definition) is 5. The maximum Gasteiger partial charge on any atom is 0.287 e. The summed E-state index contributed by atoms with van der Waals surface area (Å²) in [6, 6.07) is 12.8. The number of nitrogens with two attached hydrogens (primary N) is 1. The number of hydrogen-bond donors (Lipinski definition) is 2. The molecule has 0 radical (unpaired) electrons. The molecule has 2 amide bonds. The minimum absolute atomic E-state index is 0.131. The van der Waals surface area contributed by atoms with Gasteiger partial charge in [0.15, 0.2) is 0 Å². The van der Waals surface area contributed by atoms with Gasteiger partial charge in [-0.15, -0.1) is 0 Å². The normalized spacial score (nSPS) is 11.3. The number of Topliss-reactive ketones (excluding diaryl/α,β-unsaturated/α-hetero) is 1. The van der Waals surface area contributed by atoms with Crippen LogP contribution in [0.3, 0.4) is 0 Å². The molecule has 0 aliphatic rings. The molecule has 2 aromatic carbocycles. The highest BCUT2D eigenvalue weighted by molar-refractivity contribution is 6.38. The van der Waals surface area contributed by atoms with Gasteiger partial charge in [-0.1, -0.05) is 36.4 Å². The maximum atomic E-state index is 12.8. The van der Waals surface area contributed by atoms with Crippen molar-refractivity contribution in [2.24, 2.45) is 5.73 Å². The molecule has 0 aliphatic carbocycles. The summed E-state index contributed by atoms with van der Waals surface area (Å²) >= 11 is 0. The number of ketones is 1. The van der Waals surface area contributed by atoms with Crippen molar-refractivity contribution in [1.29, 1.82) is 0 Å². The minimum Gasteiger partial charge on any atom is -0.496 e. The Hall–Kier alpha value is -3.35. The van der Waals surface area contributed by atoms with E-state index in [1.165, 1.54) is 14.2 Å². The van der Waals surface area contributed by atoms with Crippen molar-refractivity contribution in [2.75, 3.05) is 14.2 Å². The highest BCUT2D eigenvalue weighted by Crippen LogP contribution is 2.28. The number of carbonyl (C=O) groups is 3. The maximum absolute atomic E-state index is 12.8. The van der Waals surface area contributed by atoms with E-state index >= 15 is 0 Å². The first-order valence-corrected chi connectivity index (χ1v) is 7.87. The van der Waals surface area contributed by atoms with E-state index in [1.807, 2.05) is 6.07 Å². The third-order valence-electron chi connectivity index (χ3n) is 3.80. The summed E-state index contributed by atoms with van der Waals surface area (Å²) in [6.45, 7) is 0. The van der Waals surface area contributed by atoms with Gasteiger partial charge in [0, 0.05) is 6.42 Å². The molecule has 1 atom stereocenters. The van der Waals surface area contributed by atoms with Crippen LogP contribution in [0.15, 0.2) is 48.5 Å². The Morgan fingerprint density at radius 3 is 2.04 bits per heavy atom. The van der Waals surface area contributed by atoms with Crippen molar-refractivity contribution in [3.05, 3.63) is 59.7 Å². The number of methoxy groups -OCH3 is 2. The summed E-state index contributed by atoms with van der Waals surface area (Å²) in [5.74, 6) is -2.03. The highest BCUT2D eigenvalue weighted by atomic mass is 16.5. The van der Waals surface area contributed by atoms with Gasteiger partial charge in [0.05, 0.1) is 14.2 Å². The number of carbonyl (C=O) groups excluding carboxylic acids is 3. The van der Waals surface area contributed by atoms with Gasteiger partial charge in [-0.25, -0.2) is 0 Å². The fraction of sp³-hybridized carbons (Fsp3) is 0.211. The van der Waals surface area contributed by atoms with E-state index in [1.54, 1.807) is 42.5 Å². The van der Waals surface area contributed by atoms with Gasteiger partial charge in [0.2, 0.25) is 5.78 Å². The number of amides is 2. The smallest absolute Gasteiger partial charge is 0.287 e. The van der Waals surface area contributed by atoms with Gasteiger partial charge in [0.1, 0.15) is 23.1 Å². The van der Waals surface area contributed by atoms with E-state index in [4.69, 9.17) is 15.2 Å². The van der Waals surface area contributed by atoms with Crippen LogP contribution in [-0.2, 0) is 16.0 Å². The third kappa shape index (κ3) is 4.38. The van der Waals surface area contributed by atoms with Crippen LogP contribution in [0.25, 0.3) is 0 Å². The molecule has 0 fully saturated rings. The van der Waals surface area contributed by atoms with Crippen molar-refractivity contribution in [2.45, 2.75) is 12.5 Å². The van der Waals surface area contributed by atoms with Crippen LogP contribution < -0.4 is 20.5 Å². The average molecular weight is 356 g/mol. The molecular weight excluding hydrogens is 336 g/mol. The molecule has 3 N–H and O–H groups in total. The largest absolute Gasteiger partial charge is 0.496 e. The summed E-state index contributed by atoms with van der Waals surface area (Å²) in [4.78, 5) is 36.3. The Morgan fingerprint density at radius 1 is 0.962 bits per heavy atom. The molecule has 0 heterocycles. The van der Waals surface area contributed by atoms with Crippen molar-refractivity contribution in [3.63, 3.8) is 0 Å². The monoisotopic (exact) mass is 356 g/mol. The van der Waals surface area contributed by atoms with Gasteiger partial charge >= 0.3 is 0 Å². The minimum atomic E-state index is -1.11. The summed E-state index contributed by atoms with van der Waals surface area (Å²) in [5.41, 5.74) is 6.04. The standard InChI is InChI=1S/C19H20N2O5/c1-25-14-9-6-10-15(26-2)16(14)19(24)21-13(17(22)18(20)23)11-12-7-4-3-5-8-12/h3-10,13H,11H2,1-2H3,(H2,20,23)(H,21,24). The number of nitrogens with one attached hydrogen (secondary N) is 1. The van der Waals surface area contributed by atoms with Crippen LogP contribution >= 0.6 is 0 Å². The summed E-state index contributed by atoms with van der Waals surface area (Å²) in [7, 11) is 2.84. The zero-order valence-electron chi connectivity index (χ0n) is 14.5. The van der Waals surface area contributed by atoms with E-state index in [2.05, 4.69) is 5.32 Å². The molecule has 0 saturated carbocycles. The molecule has 1 unspecified atom stereocenters. The molecule has 26 heavy (non-hydrogen) atoms. The van der Waals surface area contributed by atoms with Crippen LogP contribution in [0.2, 0.25) is 0 Å². The van der Waals surface area contributed by atoms with E-state index < -0.39 is 23.6 Å². The lowest BCUT2D eigenvalue weighted by molar-refractivity contribution is -0.137. The molecule has 0 bridgehead atoms. The zero-order chi connectivity index (χ0) is 19.1. The van der Waals surface area contributed by atoms with E-state index in [-0.39, 0.29) is 23.5 Å². The number of benzene rings is 2. The SMILES string of the molecule is COc1cccc(OC)c1C(=O)NC(Cc1ccccc1)C(=O)C(N)=O. The number of ether oxygens (including phenoxy) is 2. The lowest BCUT2D eigenvalue weighted by Crippen LogP contribution is -2.47. The second-order valence-electron chi connectivity index (χ2n) is 5.48. The molecular formula is C19H20N2O5. The number of rotatable bonds is 8. The van der Waals surface area contributed by atoms with Crippen molar-refractivity contribution in [1.82, 2.24) is 5.32 Å². The average Bonchev–Trinajstić information content (AvgIpc) is 2.66. The molecule has 0 aliphatic heterocycles. The van der Waals surface area contributed by atoms with Gasteiger partial charge in [-0.05, 0) is 17.7 Å². The molecule has 0 saturated heterocycles. The van der Waals surface area contributed by atoms with Crippen LogP contribution in [0, 0.1) is 0 Å². The predicted molar refractivity (Wildman–Crippen MR) is 95.1 cm³/mol. The first kappa shape index (κ1) is 19.0. The molecule has 136 valence electrons. The fourth-order valence-electron chi connectivity index (χ4n) is 2.54. The van der Waals surface area contributed by atoms with Gasteiger partial charge in [-0.2, -0.15) is 0 Å². The molecule has 0 aromatic heterocycles. The predicted octanol–water partition coefficient (Wildman–Crippen LogP) is 1.10. The van der Waals surface area contributed by atoms with Gasteiger partial charge in [0.25, 0.3) is 11.8 Å². The summed E-state index contributed by atoms with van der Waals surface area (Å²) in [5, 5.41) is 2.56. The topological polar surface area (TPSA) is 108 Å². The quantitative estimate of drug-likeness (QED) is 0.689. The van der Waals surface area contributed by atoms with Crippen LogP contribution in [0.5, 0.6) is 11.5 Å². The van der Waals surface area contributed by atoms with Gasteiger partial charge < -0.3 is 20.5 Å². The Labute approximate surface area is 151 Å². The summed E-state index contributed by atoms with van der Waals surface area (Å²) in [6.07, 6.45) is 0.131. The van der Waals surface area contributed by atoms with Crippen LogP contribution in [-0.4, -0.2) is 37.9 Å². The van der Waals surface area contributed by atoms with Crippen LogP contribution in [0.1, 0.15) is 15.9 Å². The Balaban J connectivity index is 2.32. The Kier molecular flexibility index (Phi) is 6.32. The molecule has 7 nitrogen and oxygen atoms in total. The lowest BCUT2D eigenvalue weighted by atomic mass is 10.0. The second-order valence-corrected chi connectivity index (χ2v) is 5.48.